The molecule has 0 bridgehead atoms. The summed E-state index contributed by atoms with van der Waals surface area (Å²) in [6, 6.07) is 6.38. The highest BCUT2D eigenvalue weighted by Gasteiger charge is 2.12. The lowest BCUT2D eigenvalue weighted by atomic mass is 9.98. The van der Waals surface area contributed by atoms with Gasteiger partial charge in [0.1, 0.15) is 0 Å². The van der Waals surface area contributed by atoms with Gasteiger partial charge < -0.3 is 15.6 Å². The zero-order valence-electron chi connectivity index (χ0n) is 11.0. The summed E-state index contributed by atoms with van der Waals surface area (Å²) >= 11 is 3.54. The molecule has 1 aromatic carbocycles. The molecule has 2 aromatic rings. The number of aromatic nitrogens is 1. The quantitative estimate of drug-likeness (QED) is 0.810. The molecule has 1 fully saturated rings. The number of hydrogen-bond donors (Lipinski definition) is 3. The minimum atomic E-state index is 0.832. The molecule has 0 spiro atoms. The van der Waals surface area contributed by atoms with Gasteiger partial charge >= 0.3 is 0 Å². The molecule has 0 radical (unpaired) electrons. The second kappa shape index (κ2) is 6.07. The highest BCUT2D eigenvalue weighted by Crippen LogP contribution is 2.22. The van der Waals surface area contributed by atoms with Crippen molar-refractivity contribution in [2.75, 3.05) is 19.6 Å². The fourth-order valence-electron chi connectivity index (χ4n) is 2.79. The van der Waals surface area contributed by atoms with Crippen LogP contribution in [-0.4, -0.2) is 24.6 Å². The molecule has 0 amide bonds. The van der Waals surface area contributed by atoms with E-state index in [9.17, 15) is 0 Å². The van der Waals surface area contributed by atoms with Crippen LogP contribution < -0.4 is 10.6 Å². The Morgan fingerprint density at radius 3 is 2.95 bits per heavy atom. The van der Waals surface area contributed by atoms with Crippen molar-refractivity contribution in [3.63, 3.8) is 0 Å². The van der Waals surface area contributed by atoms with Crippen LogP contribution in [0, 0.1) is 5.92 Å². The summed E-state index contributed by atoms with van der Waals surface area (Å²) in [6.45, 7) is 4.42. The van der Waals surface area contributed by atoms with Crippen LogP contribution in [0.25, 0.3) is 10.9 Å². The van der Waals surface area contributed by atoms with Crippen LogP contribution in [0.5, 0.6) is 0 Å². The van der Waals surface area contributed by atoms with Crippen LogP contribution in [0.2, 0.25) is 0 Å². The maximum Gasteiger partial charge on any atom is 0.0458 e. The van der Waals surface area contributed by atoms with Gasteiger partial charge in [-0.1, -0.05) is 15.9 Å². The van der Waals surface area contributed by atoms with Crippen LogP contribution in [0.15, 0.2) is 28.9 Å². The summed E-state index contributed by atoms with van der Waals surface area (Å²) in [6.07, 6.45) is 4.71. The lowest BCUT2D eigenvalue weighted by Gasteiger charge is -2.22. The molecule has 1 saturated heterocycles. The van der Waals surface area contributed by atoms with E-state index in [2.05, 4.69) is 55.9 Å². The number of fused-ring (bicyclic) bond motifs is 1. The van der Waals surface area contributed by atoms with E-state index in [0.717, 1.165) is 23.5 Å². The normalized spacial score (nSPS) is 17.1. The fraction of sp³-hybridized carbons (Fsp3) is 0.467. The molecule has 0 unspecified atom stereocenters. The Morgan fingerprint density at radius 2 is 2.11 bits per heavy atom. The summed E-state index contributed by atoms with van der Waals surface area (Å²) in [5.74, 6) is 0.832. The van der Waals surface area contributed by atoms with E-state index in [0.29, 0.717) is 0 Å². The van der Waals surface area contributed by atoms with E-state index in [-0.39, 0.29) is 0 Å². The van der Waals surface area contributed by atoms with Gasteiger partial charge in [-0.25, -0.2) is 0 Å². The minimum Gasteiger partial charge on any atom is -0.361 e. The van der Waals surface area contributed by atoms with Crippen molar-refractivity contribution in [1.82, 2.24) is 15.6 Å². The highest BCUT2D eigenvalue weighted by atomic mass is 79.9. The maximum atomic E-state index is 3.61. The summed E-state index contributed by atoms with van der Waals surface area (Å²) in [4.78, 5) is 3.33. The number of benzene rings is 1. The van der Waals surface area contributed by atoms with Gasteiger partial charge in [0.25, 0.3) is 0 Å². The van der Waals surface area contributed by atoms with Crippen LogP contribution in [0.3, 0.4) is 0 Å². The number of halogens is 1. The van der Waals surface area contributed by atoms with Gasteiger partial charge in [0.15, 0.2) is 0 Å². The summed E-state index contributed by atoms with van der Waals surface area (Å²) < 4.78 is 1.14. The van der Waals surface area contributed by atoms with Crippen LogP contribution >= 0.6 is 15.9 Å². The highest BCUT2D eigenvalue weighted by molar-refractivity contribution is 9.10. The molecule has 3 nitrogen and oxygen atoms in total. The molecule has 1 aliphatic rings. The van der Waals surface area contributed by atoms with E-state index in [4.69, 9.17) is 0 Å². The molecule has 3 rings (SSSR count). The Hall–Kier alpha value is -0.840. The van der Waals surface area contributed by atoms with Gasteiger partial charge in [0, 0.05) is 28.1 Å². The number of nitrogens with one attached hydrogen (secondary N) is 3. The lowest BCUT2D eigenvalue weighted by molar-refractivity contribution is 0.356. The predicted octanol–water partition coefficient (Wildman–Crippen LogP) is 3.02. The van der Waals surface area contributed by atoms with Gasteiger partial charge in [-0.3, -0.25) is 0 Å². The molecule has 1 aromatic heterocycles. The van der Waals surface area contributed by atoms with Crippen LogP contribution in [0.4, 0.5) is 0 Å². The van der Waals surface area contributed by atoms with Gasteiger partial charge in [0.2, 0.25) is 0 Å². The molecule has 0 saturated carbocycles. The van der Waals surface area contributed by atoms with Crippen molar-refractivity contribution in [2.24, 2.45) is 5.92 Å². The third-order valence-electron chi connectivity index (χ3n) is 3.94. The largest absolute Gasteiger partial charge is 0.361 e. The monoisotopic (exact) mass is 321 g/mol. The SMILES string of the molecule is Brc1ccc2[nH]cc(CNCC3CCNCC3)c2c1. The van der Waals surface area contributed by atoms with Crippen molar-refractivity contribution in [3.8, 4) is 0 Å². The number of H-pyrrole nitrogens is 1. The average Bonchev–Trinajstić information content (AvgIpc) is 2.83. The molecule has 3 N–H and O–H groups in total. The molecule has 0 atom stereocenters. The van der Waals surface area contributed by atoms with E-state index in [1.165, 1.54) is 42.4 Å². The van der Waals surface area contributed by atoms with Gasteiger partial charge in [-0.2, -0.15) is 0 Å². The van der Waals surface area contributed by atoms with Crippen LogP contribution in [0.1, 0.15) is 18.4 Å². The Morgan fingerprint density at radius 1 is 1.26 bits per heavy atom. The first-order valence-electron chi connectivity index (χ1n) is 7.00. The maximum absolute atomic E-state index is 3.61. The van der Waals surface area contributed by atoms with E-state index < -0.39 is 0 Å². The third-order valence-corrected chi connectivity index (χ3v) is 4.43. The molecule has 102 valence electrons. The molecular formula is C15H20BrN3. The molecule has 19 heavy (non-hydrogen) atoms. The van der Waals surface area contributed by atoms with Gasteiger partial charge in [-0.15, -0.1) is 0 Å². The van der Waals surface area contributed by atoms with Crippen molar-refractivity contribution in [3.05, 3.63) is 34.4 Å². The van der Waals surface area contributed by atoms with E-state index in [1.807, 2.05) is 0 Å². The second-order valence-electron chi connectivity index (χ2n) is 5.33. The number of aromatic amines is 1. The minimum absolute atomic E-state index is 0.832. The predicted molar refractivity (Wildman–Crippen MR) is 83.3 cm³/mol. The Bertz CT molecular complexity index is 543. The number of piperidine rings is 1. The molecule has 2 heterocycles. The summed E-state index contributed by atoms with van der Waals surface area (Å²) in [7, 11) is 0. The van der Waals surface area contributed by atoms with Crippen molar-refractivity contribution < 1.29 is 0 Å². The van der Waals surface area contributed by atoms with E-state index >= 15 is 0 Å². The molecule has 4 heteroatoms. The molecule has 1 aliphatic heterocycles. The second-order valence-corrected chi connectivity index (χ2v) is 6.24. The van der Waals surface area contributed by atoms with Crippen LogP contribution in [-0.2, 0) is 6.54 Å². The van der Waals surface area contributed by atoms with Gasteiger partial charge in [0.05, 0.1) is 0 Å². The zero-order valence-corrected chi connectivity index (χ0v) is 12.6. The molecule has 0 aliphatic carbocycles. The summed E-state index contributed by atoms with van der Waals surface area (Å²) in [5.41, 5.74) is 2.56. The first-order valence-corrected chi connectivity index (χ1v) is 7.79. The topological polar surface area (TPSA) is 39.9 Å². The number of rotatable bonds is 4. The summed E-state index contributed by atoms with van der Waals surface area (Å²) in [5, 5.41) is 8.33. The fourth-order valence-corrected chi connectivity index (χ4v) is 3.15. The van der Waals surface area contributed by atoms with Crippen molar-refractivity contribution >= 4 is 26.8 Å². The lowest BCUT2D eigenvalue weighted by Crippen LogP contribution is -2.33. The number of hydrogen-bond acceptors (Lipinski definition) is 2. The van der Waals surface area contributed by atoms with Gasteiger partial charge in [-0.05, 0) is 62.2 Å². The Labute approximate surface area is 122 Å². The van der Waals surface area contributed by atoms with Crippen molar-refractivity contribution in [2.45, 2.75) is 19.4 Å². The Balaban J connectivity index is 1.60. The molecular weight excluding hydrogens is 302 g/mol. The average molecular weight is 322 g/mol. The smallest absolute Gasteiger partial charge is 0.0458 e. The standard InChI is InChI=1S/C15H20BrN3/c16-13-1-2-15-14(7-13)12(10-19-15)9-18-8-11-3-5-17-6-4-11/h1-2,7,10-11,17-19H,3-6,8-9H2. The first kappa shape index (κ1) is 13.2. The van der Waals surface area contributed by atoms with Crippen molar-refractivity contribution in [1.29, 1.82) is 0 Å². The zero-order chi connectivity index (χ0) is 13.1. The third kappa shape index (κ3) is 3.19. The van der Waals surface area contributed by atoms with E-state index in [1.54, 1.807) is 0 Å². The first-order chi connectivity index (χ1) is 9.33. The Kier molecular flexibility index (Phi) is 4.21.